The second kappa shape index (κ2) is 10.5. The lowest BCUT2D eigenvalue weighted by atomic mass is 9.93. The van der Waals surface area contributed by atoms with Gasteiger partial charge in [0.05, 0.1) is 25.5 Å². The lowest BCUT2D eigenvalue weighted by Crippen LogP contribution is -2.46. The summed E-state index contributed by atoms with van der Waals surface area (Å²) < 4.78 is 26.2. The summed E-state index contributed by atoms with van der Waals surface area (Å²) in [7, 11) is 1.31. The maximum Gasteiger partial charge on any atom is 0.408 e. The van der Waals surface area contributed by atoms with Crippen molar-refractivity contribution in [3.8, 4) is 0 Å². The number of alkyl carbamates (subject to hydrolysis) is 1. The Morgan fingerprint density at radius 2 is 1.97 bits per heavy atom. The van der Waals surface area contributed by atoms with Crippen LogP contribution in [-0.4, -0.2) is 56.4 Å². The third kappa shape index (κ3) is 6.20. The number of nitrogens with zero attached hydrogens (tertiary/aromatic N) is 5. The van der Waals surface area contributed by atoms with E-state index in [0.717, 1.165) is 30.6 Å². The first-order valence-electron chi connectivity index (χ1n) is 12.7. The van der Waals surface area contributed by atoms with Gasteiger partial charge >= 0.3 is 12.1 Å². The molecule has 1 atom stereocenters. The zero-order valence-electron chi connectivity index (χ0n) is 22.7. The highest BCUT2D eigenvalue weighted by atomic mass is 19.1. The minimum absolute atomic E-state index is 0.144. The summed E-state index contributed by atoms with van der Waals surface area (Å²) in [4.78, 5) is 35.7. The van der Waals surface area contributed by atoms with Crippen molar-refractivity contribution in [2.24, 2.45) is 0 Å². The number of fused-ring (bicyclic) bond motifs is 1. The van der Waals surface area contributed by atoms with Crippen LogP contribution in [0, 0.1) is 5.82 Å². The van der Waals surface area contributed by atoms with E-state index in [1.54, 1.807) is 6.20 Å². The third-order valence-electron chi connectivity index (χ3n) is 6.46. The highest BCUT2D eigenvalue weighted by molar-refractivity contribution is 5.95. The Hall–Kier alpha value is -3.76. The van der Waals surface area contributed by atoms with Crippen LogP contribution in [0.25, 0.3) is 5.65 Å². The van der Waals surface area contributed by atoms with Crippen molar-refractivity contribution >= 4 is 23.5 Å². The number of amides is 1. The van der Waals surface area contributed by atoms with E-state index in [-0.39, 0.29) is 11.6 Å². The quantitative estimate of drug-likeness (QED) is 0.444. The van der Waals surface area contributed by atoms with Gasteiger partial charge in [-0.3, -0.25) is 4.98 Å². The maximum atomic E-state index is 14.4. The first kappa shape index (κ1) is 27.3. The largest absolute Gasteiger partial charge is 0.465 e. The molecule has 0 saturated carbocycles. The highest BCUT2D eigenvalue weighted by Gasteiger charge is 2.31. The minimum atomic E-state index is -0.594. The number of aromatic nitrogens is 4. The van der Waals surface area contributed by atoms with Gasteiger partial charge < -0.3 is 19.7 Å². The number of methoxy groups -OCH3 is 1. The van der Waals surface area contributed by atoms with Gasteiger partial charge in [-0.1, -0.05) is 0 Å². The van der Waals surface area contributed by atoms with Gasteiger partial charge in [0.25, 0.3) is 0 Å². The van der Waals surface area contributed by atoms with Gasteiger partial charge in [-0.05, 0) is 78.0 Å². The van der Waals surface area contributed by atoms with Crippen molar-refractivity contribution in [1.29, 1.82) is 0 Å². The number of pyridine rings is 1. The topological polar surface area (TPSA) is 111 Å². The van der Waals surface area contributed by atoms with Gasteiger partial charge in [-0.2, -0.15) is 5.10 Å². The molecular weight excluding hydrogens is 491 g/mol. The Labute approximate surface area is 221 Å². The molecule has 204 valence electrons. The minimum Gasteiger partial charge on any atom is -0.465 e. The summed E-state index contributed by atoms with van der Waals surface area (Å²) in [5.74, 6) is -0.261. The van der Waals surface area contributed by atoms with E-state index < -0.39 is 29.0 Å². The number of nitrogens with one attached hydrogen (secondary N) is 1. The molecule has 0 aromatic carbocycles. The number of anilines is 1. The van der Waals surface area contributed by atoms with E-state index in [4.69, 9.17) is 14.5 Å². The van der Waals surface area contributed by atoms with Crippen LogP contribution in [0.15, 0.2) is 30.7 Å². The maximum absolute atomic E-state index is 14.4. The molecule has 38 heavy (non-hydrogen) atoms. The SMILES string of the molecule is COC(=O)c1cnn2ccc(N3CCC[C@@H]3c3cc(F)cnc3CCC(C)(C)NC(=O)OC(C)(C)C)nc12. The molecule has 1 aliphatic rings. The summed E-state index contributed by atoms with van der Waals surface area (Å²) in [6.45, 7) is 10.0. The molecule has 0 aliphatic carbocycles. The molecule has 1 saturated heterocycles. The summed E-state index contributed by atoms with van der Waals surface area (Å²) in [5.41, 5.74) is 1.07. The average molecular weight is 527 g/mol. The Kier molecular flexibility index (Phi) is 7.57. The van der Waals surface area contributed by atoms with Crippen molar-refractivity contribution in [2.75, 3.05) is 18.6 Å². The van der Waals surface area contributed by atoms with Gasteiger partial charge in [-0.25, -0.2) is 23.5 Å². The van der Waals surface area contributed by atoms with E-state index in [1.165, 1.54) is 30.1 Å². The summed E-state index contributed by atoms with van der Waals surface area (Å²) in [6, 6.07) is 3.23. The van der Waals surface area contributed by atoms with Crippen LogP contribution in [0.4, 0.5) is 15.0 Å². The predicted molar refractivity (Wildman–Crippen MR) is 140 cm³/mol. The number of carbonyl (C=O) groups is 2. The molecule has 1 fully saturated rings. The fraction of sp³-hybridized carbons (Fsp3) is 0.519. The molecule has 4 heterocycles. The molecule has 10 nitrogen and oxygen atoms in total. The molecular formula is C27H35FN6O4. The van der Waals surface area contributed by atoms with Crippen LogP contribution in [0.2, 0.25) is 0 Å². The number of carbonyl (C=O) groups excluding carboxylic acids is 2. The fourth-order valence-electron chi connectivity index (χ4n) is 4.69. The predicted octanol–water partition coefficient (Wildman–Crippen LogP) is 4.63. The average Bonchev–Trinajstić information content (AvgIpc) is 3.48. The van der Waals surface area contributed by atoms with Crippen molar-refractivity contribution in [3.63, 3.8) is 0 Å². The zero-order chi connectivity index (χ0) is 27.7. The first-order valence-corrected chi connectivity index (χ1v) is 12.7. The normalized spacial score (nSPS) is 16.1. The van der Waals surface area contributed by atoms with Gasteiger partial charge in [-0.15, -0.1) is 0 Å². The van der Waals surface area contributed by atoms with Crippen LogP contribution in [-0.2, 0) is 15.9 Å². The molecule has 3 aromatic heterocycles. The summed E-state index contributed by atoms with van der Waals surface area (Å²) in [5, 5.41) is 7.10. The molecule has 0 unspecified atom stereocenters. The molecule has 0 spiro atoms. The lowest BCUT2D eigenvalue weighted by molar-refractivity contribution is 0.0467. The third-order valence-corrected chi connectivity index (χ3v) is 6.46. The Morgan fingerprint density at radius 1 is 1.21 bits per heavy atom. The molecule has 11 heteroatoms. The van der Waals surface area contributed by atoms with Crippen molar-refractivity contribution in [3.05, 3.63) is 53.4 Å². The number of esters is 1. The number of ether oxygens (including phenoxy) is 2. The smallest absolute Gasteiger partial charge is 0.408 e. The monoisotopic (exact) mass is 526 g/mol. The Morgan fingerprint density at radius 3 is 2.68 bits per heavy atom. The number of rotatable bonds is 7. The molecule has 1 amide bonds. The van der Waals surface area contributed by atoms with E-state index in [0.29, 0.717) is 24.3 Å². The Balaban J connectivity index is 1.57. The molecule has 4 rings (SSSR count). The summed E-state index contributed by atoms with van der Waals surface area (Å²) in [6.07, 6.45) is 6.72. The fourth-order valence-corrected chi connectivity index (χ4v) is 4.69. The van der Waals surface area contributed by atoms with Crippen molar-refractivity contribution in [1.82, 2.24) is 24.9 Å². The van der Waals surface area contributed by atoms with E-state index >= 15 is 0 Å². The van der Waals surface area contributed by atoms with E-state index in [9.17, 15) is 14.0 Å². The van der Waals surface area contributed by atoms with E-state index in [2.05, 4.69) is 20.3 Å². The van der Waals surface area contributed by atoms with Crippen LogP contribution >= 0.6 is 0 Å². The van der Waals surface area contributed by atoms with Crippen LogP contribution < -0.4 is 10.2 Å². The number of aryl methyl sites for hydroxylation is 1. The van der Waals surface area contributed by atoms with Gasteiger partial charge in [0.15, 0.2) is 5.65 Å². The molecule has 0 bridgehead atoms. The number of hydrogen-bond donors (Lipinski definition) is 1. The molecule has 1 aliphatic heterocycles. The van der Waals surface area contributed by atoms with Gasteiger partial charge in [0, 0.05) is 24.0 Å². The van der Waals surface area contributed by atoms with E-state index in [1.807, 2.05) is 40.7 Å². The van der Waals surface area contributed by atoms with Crippen LogP contribution in [0.3, 0.4) is 0 Å². The number of hydrogen-bond acceptors (Lipinski definition) is 8. The van der Waals surface area contributed by atoms with Crippen LogP contribution in [0.5, 0.6) is 0 Å². The van der Waals surface area contributed by atoms with Gasteiger partial charge in [0.2, 0.25) is 0 Å². The van der Waals surface area contributed by atoms with Crippen molar-refractivity contribution in [2.45, 2.75) is 77.5 Å². The second-order valence-electron chi connectivity index (χ2n) is 11.2. The lowest BCUT2D eigenvalue weighted by Gasteiger charge is -2.30. The number of halogens is 1. The van der Waals surface area contributed by atoms with Crippen molar-refractivity contribution < 1.29 is 23.5 Å². The second-order valence-corrected chi connectivity index (χ2v) is 11.2. The zero-order valence-corrected chi connectivity index (χ0v) is 22.7. The van der Waals surface area contributed by atoms with Gasteiger partial charge in [0.1, 0.15) is 22.8 Å². The standard InChI is InChI=1S/C27H35FN6O4/c1-26(2,3)38-25(36)32-27(4,5)11-9-20-18(14-17(28)15-29-20)21-8-7-12-33(21)22-10-13-34-23(31-22)19(16-30-34)24(35)37-6/h10,13-16,21H,7-9,11-12H2,1-6H3,(H,32,36)/t21-/m1/s1. The Bertz CT molecular complexity index is 1330. The first-order chi connectivity index (χ1) is 17.9. The molecule has 3 aromatic rings. The molecule has 0 radical (unpaired) electrons. The summed E-state index contributed by atoms with van der Waals surface area (Å²) >= 11 is 0. The highest BCUT2D eigenvalue weighted by Crippen LogP contribution is 2.37. The van der Waals surface area contributed by atoms with Crippen LogP contribution in [0.1, 0.15) is 81.5 Å². The molecule has 1 N–H and O–H groups in total.